The zero-order valence-corrected chi connectivity index (χ0v) is 12.9. The molecule has 1 atom stereocenters. The average Bonchev–Trinajstić information content (AvgIpc) is 2.92. The highest BCUT2D eigenvalue weighted by molar-refractivity contribution is 5.86. The zero-order chi connectivity index (χ0) is 16.2. The summed E-state index contributed by atoms with van der Waals surface area (Å²) in [7, 11) is 3.14. The maximum atomic E-state index is 14.0. The van der Waals surface area contributed by atoms with Gasteiger partial charge in [0, 0.05) is 26.3 Å². The molecule has 1 heterocycles. The van der Waals surface area contributed by atoms with Crippen molar-refractivity contribution in [2.24, 2.45) is 0 Å². The van der Waals surface area contributed by atoms with Gasteiger partial charge in [-0.2, -0.15) is 5.26 Å². The van der Waals surface area contributed by atoms with Crippen LogP contribution in [-0.4, -0.2) is 43.7 Å². The second-order valence-corrected chi connectivity index (χ2v) is 5.49. The summed E-state index contributed by atoms with van der Waals surface area (Å²) in [6.45, 7) is 1.22. The van der Waals surface area contributed by atoms with E-state index < -0.39 is 5.54 Å². The molecule has 1 N–H and O–H groups in total. The van der Waals surface area contributed by atoms with Gasteiger partial charge in [0.15, 0.2) is 0 Å². The van der Waals surface area contributed by atoms with Crippen molar-refractivity contribution >= 4 is 5.91 Å². The summed E-state index contributed by atoms with van der Waals surface area (Å²) in [4.78, 5) is 14.3. The van der Waals surface area contributed by atoms with E-state index in [2.05, 4.69) is 5.32 Å². The van der Waals surface area contributed by atoms with E-state index in [-0.39, 0.29) is 24.9 Å². The van der Waals surface area contributed by atoms with Crippen LogP contribution in [0.15, 0.2) is 18.2 Å². The van der Waals surface area contributed by atoms with E-state index in [4.69, 9.17) is 10.00 Å². The summed E-state index contributed by atoms with van der Waals surface area (Å²) in [6, 6.07) is 6.29. The van der Waals surface area contributed by atoms with Crippen molar-refractivity contribution in [3.63, 3.8) is 0 Å². The molecular formula is C16H20FN3O2. The average molecular weight is 305 g/mol. The van der Waals surface area contributed by atoms with Crippen LogP contribution in [0.3, 0.4) is 0 Å². The summed E-state index contributed by atoms with van der Waals surface area (Å²) >= 11 is 0. The van der Waals surface area contributed by atoms with Crippen LogP contribution in [0.4, 0.5) is 4.39 Å². The number of halogens is 1. The van der Waals surface area contributed by atoms with Crippen LogP contribution in [0.5, 0.6) is 0 Å². The number of rotatable bonds is 5. The maximum Gasteiger partial charge on any atom is 0.242 e. The van der Waals surface area contributed by atoms with Crippen molar-refractivity contribution in [1.29, 1.82) is 5.26 Å². The Morgan fingerprint density at radius 1 is 1.59 bits per heavy atom. The lowest BCUT2D eigenvalue weighted by Gasteiger charge is -2.36. The fraction of sp³-hybridized carbons (Fsp3) is 0.500. The summed E-state index contributed by atoms with van der Waals surface area (Å²) in [5, 5.41) is 11.6. The molecule has 118 valence electrons. The number of nitriles is 1. The molecule has 1 fully saturated rings. The van der Waals surface area contributed by atoms with Crippen molar-refractivity contribution in [2.75, 3.05) is 27.3 Å². The molecule has 1 unspecified atom stereocenters. The molecular weight excluding hydrogens is 285 g/mol. The number of hydrogen-bond donors (Lipinski definition) is 1. The third kappa shape index (κ3) is 2.96. The van der Waals surface area contributed by atoms with E-state index in [1.54, 1.807) is 14.2 Å². The van der Waals surface area contributed by atoms with Crippen LogP contribution in [0.25, 0.3) is 0 Å². The Labute approximate surface area is 129 Å². The number of carbonyl (C=O) groups is 1. The van der Waals surface area contributed by atoms with Crippen LogP contribution in [0, 0.1) is 17.1 Å². The number of ether oxygens (including phenoxy) is 1. The lowest BCUT2D eigenvalue weighted by Crippen LogP contribution is -2.57. The minimum Gasteiger partial charge on any atom is -0.382 e. The highest BCUT2D eigenvalue weighted by Gasteiger charge is 2.47. The predicted molar refractivity (Wildman–Crippen MR) is 79.4 cm³/mol. The molecule has 1 aliphatic heterocycles. The minimum atomic E-state index is -0.779. The minimum absolute atomic E-state index is 0.122. The number of nitrogens with zero attached hydrogens (tertiary/aromatic N) is 2. The zero-order valence-electron chi connectivity index (χ0n) is 12.9. The van der Waals surface area contributed by atoms with Crippen molar-refractivity contribution in [3.05, 3.63) is 35.1 Å². The number of amides is 1. The quantitative estimate of drug-likeness (QED) is 0.893. The third-order valence-electron chi connectivity index (χ3n) is 4.19. The van der Waals surface area contributed by atoms with Crippen molar-refractivity contribution in [2.45, 2.75) is 24.9 Å². The third-order valence-corrected chi connectivity index (χ3v) is 4.19. The normalized spacial score (nSPS) is 21.5. The van der Waals surface area contributed by atoms with Gasteiger partial charge in [-0.1, -0.05) is 0 Å². The number of carbonyl (C=O) groups excluding carboxylic acids is 1. The van der Waals surface area contributed by atoms with Crippen molar-refractivity contribution in [3.8, 4) is 6.07 Å². The molecule has 0 radical (unpaired) electrons. The van der Waals surface area contributed by atoms with E-state index in [0.29, 0.717) is 24.1 Å². The Balaban J connectivity index is 2.31. The molecule has 5 nitrogen and oxygen atoms in total. The monoisotopic (exact) mass is 305 g/mol. The Morgan fingerprint density at radius 3 is 3.00 bits per heavy atom. The maximum absolute atomic E-state index is 14.0. The Hall–Kier alpha value is -1.97. The molecule has 1 amide bonds. The van der Waals surface area contributed by atoms with E-state index in [0.717, 1.165) is 6.42 Å². The number of likely N-dealkylation sites (N-methyl/N-ethyl adjacent to an activating group) is 1. The highest BCUT2D eigenvalue weighted by Crippen LogP contribution is 2.32. The molecule has 6 heteroatoms. The van der Waals surface area contributed by atoms with Gasteiger partial charge < -0.3 is 10.1 Å². The fourth-order valence-corrected chi connectivity index (χ4v) is 3.09. The molecule has 0 spiro atoms. The highest BCUT2D eigenvalue weighted by atomic mass is 19.1. The summed E-state index contributed by atoms with van der Waals surface area (Å²) < 4.78 is 19.3. The Kier molecular flexibility index (Phi) is 5.11. The molecule has 1 aromatic rings. The SMILES string of the molecule is CNC(=O)C1(COC)CCCN1Cc1cc(C#N)ccc1F. The molecule has 0 saturated carbocycles. The summed E-state index contributed by atoms with van der Waals surface area (Å²) in [5.74, 6) is -0.488. The summed E-state index contributed by atoms with van der Waals surface area (Å²) in [6.07, 6.45) is 1.51. The summed E-state index contributed by atoms with van der Waals surface area (Å²) in [5.41, 5.74) is 0.0525. The van der Waals surface area contributed by atoms with E-state index >= 15 is 0 Å². The largest absolute Gasteiger partial charge is 0.382 e. The Bertz CT molecular complexity index is 600. The van der Waals surface area contributed by atoms with E-state index in [1.807, 2.05) is 11.0 Å². The Morgan fingerprint density at radius 2 is 2.36 bits per heavy atom. The first-order valence-electron chi connectivity index (χ1n) is 7.22. The van der Waals surface area contributed by atoms with Gasteiger partial charge in [-0.25, -0.2) is 4.39 Å². The number of nitrogens with one attached hydrogen (secondary N) is 1. The number of methoxy groups -OCH3 is 1. The van der Waals surface area contributed by atoms with Gasteiger partial charge in [-0.3, -0.25) is 9.69 Å². The number of likely N-dealkylation sites (tertiary alicyclic amines) is 1. The van der Waals surface area contributed by atoms with E-state index in [1.165, 1.54) is 18.2 Å². The number of hydrogen-bond acceptors (Lipinski definition) is 4. The molecule has 22 heavy (non-hydrogen) atoms. The van der Waals surface area contributed by atoms with Crippen molar-refractivity contribution in [1.82, 2.24) is 10.2 Å². The second kappa shape index (κ2) is 6.86. The molecule has 0 bridgehead atoms. The smallest absolute Gasteiger partial charge is 0.242 e. The molecule has 2 rings (SSSR count). The lowest BCUT2D eigenvalue weighted by atomic mass is 9.95. The molecule has 0 aromatic heterocycles. The van der Waals surface area contributed by atoms with Crippen LogP contribution < -0.4 is 5.32 Å². The second-order valence-electron chi connectivity index (χ2n) is 5.49. The van der Waals surface area contributed by atoms with Crippen LogP contribution >= 0.6 is 0 Å². The fourth-order valence-electron chi connectivity index (χ4n) is 3.09. The van der Waals surface area contributed by atoms with Gasteiger partial charge in [0.1, 0.15) is 11.4 Å². The molecule has 0 aliphatic carbocycles. The first-order chi connectivity index (χ1) is 10.6. The molecule has 1 saturated heterocycles. The first kappa shape index (κ1) is 16.4. The molecule has 1 aromatic carbocycles. The van der Waals surface area contributed by atoms with Crippen LogP contribution in [-0.2, 0) is 16.1 Å². The van der Waals surface area contributed by atoms with Gasteiger partial charge in [0.05, 0.1) is 18.2 Å². The van der Waals surface area contributed by atoms with Gasteiger partial charge in [0.2, 0.25) is 5.91 Å². The van der Waals surface area contributed by atoms with Gasteiger partial charge in [-0.05, 0) is 37.6 Å². The lowest BCUT2D eigenvalue weighted by molar-refractivity contribution is -0.135. The van der Waals surface area contributed by atoms with Gasteiger partial charge in [-0.15, -0.1) is 0 Å². The van der Waals surface area contributed by atoms with Crippen molar-refractivity contribution < 1.29 is 13.9 Å². The first-order valence-corrected chi connectivity index (χ1v) is 7.22. The van der Waals surface area contributed by atoms with Gasteiger partial charge in [0.25, 0.3) is 0 Å². The predicted octanol–water partition coefficient (Wildman–Crippen LogP) is 1.42. The van der Waals surface area contributed by atoms with Crippen LogP contribution in [0.2, 0.25) is 0 Å². The standard InChI is InChI=1S/C16H20FN3O2/c1-19-15(21)16(11-22-2)6-3-7-20(16)10-13-8-12(9-18)4-5-14(13)17/h4-5,8H,3,6-7,10-11H2,1-2H3,(H,19,21). The molecule has 1 aliphatic rings. The number of benzene rings is 1. The topological polar surface area (TPSA) is 65.4 Å². The van der Waals surface area contributed by atoms with Crippen LogP contribution in [0.1, 0.15) is 24.0 Å². The van der Waals surface area contributed by atoms with Gasteiger partial charge >= 0.3 is 0 Å². The van der Waals surface area contributed by atoms with E-state index in [9.17, 15) is 9.18 Å².